The Morgan fingerprint density at radius 2 is 1.25 bits per heavy atom. The fourth-order valence-electron chi connectivity index (χ4n) is 7.84. The molecule has 2 aliphatic rings. The van der Waals surface area contributed by atoms with Gasteiger partial charge in [-0.1, -0.05) is 102 Å². The smallest absolute Gasteiger partial charge is 0.201 e. The van der Waals surface area contributed by atoms with Gasteiger partial charge in [-0.15, -0.1) is 0 Å². The van der Waals surface area contributed by atoms with Crippen molar-refractivity contribution >= 4 is 0 Å². The van der Waals surface area contributed by atoms with E-state index in [-0.39, 0.29) is 17.1 Å². The number of benzene rings is 3. The SMILES string of the molecule is CCCCCCCC1CCC(C2CCC(c3ccc(-c4ccc(-c5ccc(OCCC)c(F)c5F)cc4)cc3F)CC2)CC1. The summed E-state index contributed by atoms with van der Waals surface area (Å²) in [6.45, 7) is 4.53. The van der Waals surface area contributed by atoms with E-state index in [1.165, 1.54) is 83.1 Å². The highest BCUT2D eigenvalue weighted by molar-refractivity contribution is 5.71. The van der Waals surface area contributed by atoms with E-state index in [1.807, 2.05) is 31.2 Å². The lowest BCUT2D eigenvalue weighted by atomic mass is 9.68. The van der Waals surface area contributed by atoms with E-state index in [0.29, 0.717) is 24.5 Å². The molecule has 0 amide bonds. The minimum absolute atomic E-state index is 0.0697. The maximum absolute atomic E-state index is 15.5. The molecule has 0 spiro atoms. The molecule has 0 atom stereocenters. The van der Waals surface area contributed by atoms with Crippen LogP contribution in [0.15, 0.2) is 54.6 Å². The average Bonchev–Trinajstić information content (AvgIpc) is 3.06. The normalized spacial score (nSPS) is 22.2. The predicted molar refractivity (Wildman–Crippen MR) is 176 cm³/mol. The minimum Gasteiger partial charge on any atom is -0.490 e. The molecule has 0 aromatic heterocycles. The lowest BCUT2D eigenvalue weighted by Crippen LogP contribution is -2.25. The van der Waals surface area contributed by atoms with Gasteiger partial charge in [-0.05, 0) is 109 Å². The molecular weight excluding hydrogens is 553 g/mol. The topological polar surface area (TPSA) is 9.23 Å². The molecule has 44 heavy (non-hydrogen) atoms. The molecule has 5 rings (SSSR count). The molecule has 1 nitrogen and oxygen atoms in total. The summed E-state index contributed by atoms with van der Waals surface area (Å²) in [5.74, 6) is 0.846. The van der Waals surface area contributed by atoms with Crippen molar-refractivity contribution in [2.45, 2.75) is 116 Å². The van der Waals surface area contributed by atoms with Crippen molar-refractivity contribution < 1.29 is 17.9 Å². The highest BCUT2D eigenvalue weighted by Crippen LogP contribution is 2.45. The van der Waals surface area contributed by atoms with Crippen molar-refractivity contribution in [3.8, 4) is 28.0 Å². The van der Waals surface area contributed by atoms with Crippen molar-refractivity contribution in [1.29, 1.82) is 0 Å². The van der Waals surface area contributed by atoms with E-state index in [4.69, 9.17) is 4.74 Å². The van der Waals surface area contributed by atoms with Crippen molar-refractivity contribution in [1.82, 2.24) is 0 Å². The number of unbranched alkanes of at least 4 members (excludes halogenated alkanes) is 4. The van der Waals surface area contributed by atoms with Crippen LogP contribution in [0.3, 0.4) is 0 Å². The molecule has 0 heterocycles. The van der Waals surface area contributed by atoms with E-state index < -0.39 is 11.6 Å². The first-order valence-corrected chi connectivity index (χ1v) is 17.5. The molecular formula is C40H51F3O. The van der Waals surface area contributed by atoms with Gasteiger partial charge >= 0.3 is 0 Å². The number of ether oxygens (including phenoxy) is 1. The average molecular weight is 605 g/mol. The van der Waals surface area contributed by atoms with Crippen LogP contribution in [-0.4, -0.2) is 6.61 Å². The predicted octanol–water partition coefficient (Wildman–Crippen LogP) is 12.7. The lowest BCUT2D eigenvalue weighted by Gasteiger charge is -2.38. The van der Waals surface area contributed by atoms with Crippen LogP contribution < -0.4 is 4.74 Å². The Bertz CT molecular complexity index is 1320. The Labute approximate surface area is 263 Å². The maximum Gasteiger partial charge on any atom is 0.201 e. The summed E-state index contributed by atoms with van der Waals surface area (Å²) in [5, 5.41) is 0. The van der Waals surface area contributed by atoms with E-state index in [9.17, 15) is 8.78 Å². The van der Waals surface area contributed by atoms with Gasteiger partial charge in [0.05, 0.1) is 6.61 Å². The highest BCUT2D eigenvalue weighted by atomic mass is 19.2. The third-order valence-electron chi connectivity index (χ3n) is 10.5. The third kappa shape index (κ3) is 8.09. The fourth-order valence-corrected chi connectivity index (χ4v) is 7.84. The van der Waals surface area contributed by atoms with E-state index in [1.54, 1.807) is 24.3 Å². The Hall–Kier alpha value is -2.75. The summed E-state index contributed by atoms with van der Waals surface area (Å²) in [4.78, 5) is 0. The second-order valence-electron chi connectivity index (χ2n) is 13.5. The van der Waals surface area contributed by atoms with E-state index >= 15 is 4.39 Å². The summed E-state index contributed by atoms with van der Waals surface area (Å²) in [6.07, 6.45) is 19.3. The van der Waals surface area contributed by atoms with Gasteiger partial charge in [0.25, 0.3) is 0 Å². The zero-order chi connectivity index (χ0) is 30.9. The van der Waals surface area contributed by atoms with E-state index in [0.717, 1.165) is 47.3 Å². The van der Waals surface area contributed by atoms with Crippen molar-refractivity contribution in [3.63, 3.8) is 0 Å². The molecule has 0 aliphatic heterocycles. The molecule has 0 unspecified atom stereocenters. The number of rotatable bonds is 13. The molecule has 3 aromatic rings. The van der Waals surface area contributed by atoms with Gasteiger partial charge in [0, 0.05) is 5.56 Å². The minimum atomic E-state index is -0.970. The van der Waals surface area contributed by atoms with Gasteiger partial charge in [-0.3, -0.25) is 0 Å². The molecule has 2 aliphatic carbocycles. The van der Waals surface area contributed by atoms with Crippen LogP contribution in [0.1, 0.15) is 122 Å². The van der Waals surface area contributed by atoms with Crippen LogP contribution in [0.25, 0.3) is 22.3 Å². The Morgan fingerprint density at radius 1 is 0.614 bits per heavy atom. The summed E-state index contributed by atoms with van der Waals surface area (Å²) >= 11 is 0. The van der Waals surface area contributed by atoms with Gasteiger partial charge in [0.1, 0.15) is 5.82 Å². The van der Waals surface area contributed by atoms with Crippen LogP contribution in [0.5, 0.6) is 5.75 Å². The second-order valence-corrected chi connectivity index (χ2v) is 13.5. The van der Waals surface area contributed by atoms with Crippen molar-refractivity contribution in [2.24, 2.45) is 17.8 Å². The summed E-state index contributed by atoms with van der Waals surface area (Å²) in [5.41, 5.74) is 3.24. The Morgan fingerprint density at radius 3 is 1.91 bits per heavy atom. The third-order valence-corrected chi connectivity index (χ3v) is 10.5. The number of hydrogen-bond acceptors (Lipinski definition) is 1. The number of halogens is 3. The Balaban J connectivity index is 1.13. The largest absolute Gasteiger partial charge is 0.490 e. The van der Waals surface area contributed by atoms with E-state index in [2.05, 4.69) is 6.92 Å². The molecule has 0 bridgehead atoms. The monoisotopic (exact) mass is 604 g/mol. The molecule has 0 saturated heterocycles. The highest BCUT2D eigenvalue weighted by Gasteiger charge is 2.32. The first-order valence-electron chi connectivity index (χ1n) is 17.5. The summed E-state index contributed by atoms with van der Waals surface area (Å²) in [7, 11) is 0. The first kappa shape index (κ1) is 32.6. The maximum atomic E-state index is 15.5. The Kier molecular flexibility index (Phi) is 11.9. The number of hydrogen-bond donors (Lipinski definition) is 0. The van der Waals surface area contributed by atoms with Crippen LogP contribution in [0.4, 0.5) is 13.2 Å². The molecule has 0 N–H and O–H groups in total. The van der Waals surface area contributed by atoms with Gasteiger partial charge in [-0.25, -0.2) is 8.78 Å². The molecule has 0 radical (unpaired) electrons. The lowest BCUT2D eigenvalue weighted by molar-refractivity contribution is 0.155. The summed E-state index contributed by atoms with van der Waals surface area (Å²) in [6, 6.07) is 15.8. The quantitative estimate of drug-likeness (QED) is 0.176. The first-order chi connectivity index (χ1) is 21.5. The van der Waals surface area contributed by atoms with Crippen LogP contribution in [0.2, 0.25) is 0 Å². The van der Waals surface area contributed by atoms with Gasteiger partial charge in [0.15, 0.2) is 11.6 Å². The summed E-state index contributed by atoms with van der Waals surface area (Å²) < 4.78 is 50.0. The zero-order valence-electron chi connectivity index (χ0n) is 26.9. The molecule has 4 heteroatoms. The van der Waals surface area contributed by atoms with Crippen LogP contribution in [0, 0.1) is 35.2 Å². The molecule has 2 saturated carbocycles. The van der Waals surface area contributed by atoms with Gasteiger partial charge in [0.2, 0.25) is 5.82 Å². The fraction of sp³-hybridized carbons (Fsp3) is 0.550. The zero-order valence-corrected chi connectivity index (χ0v) is 26.9. The van der Waals surface area contributed by atoms with Gasteiger partial charge < -0.3 is 4.74 Å². The van der Waals surface area contributed by atoms with Crippen molar-refractivity contribution in [2.75, 3.05) is 6.61 Å². The van der Waals surface area contributed by atoms with Crippen LogP contribution in [-0.2, 0) is 0 Å². The molecule has 3 aromatic carbocycles. The van der Waals surface area contributed by atoms with Crippen molar-refractivity contribution in [3.05, 3.63) is 77.6 Å². The molecule has 2 fully saturated rings. The van der Waals surface area contributed by atoms with Gasteiger partial charge in [-0.2, -0.15) is 4.39 Å². The van der Waals surface area contributed by atoms with Crippen LogP contribution >= 0.6 is 0 Å². The second kappa shape index (κ2) is 16.0. The molecule has 238 valence electrons. The standard InChI is InChI=1S/C40H51F3O/c1-3-5-6-7-8-9-28-10-12-29(13-11-28)30-14-18-32(19-15-30)35-23-22-34(27-37(35)41)31-16-20-33(21-17-31)36-24-25-38(44-26-4-2)40(43)39(36)42/h16-17,20-25,27-30,32H,3-15,18-19,26H2,1-2H3.